The second kappa shape index (κ2) is 4.96. The number of rotatable bonds is 4. The van der Waals surface area contributed by atoms with Crippen molar-refractivity contribution in [2.75, 3.05) is 13.5 Å². The van der Waals surface area contributed by atoms with Gasteiger partial charge in [-0.25, -0.2) is 4.79 Å². The van der Waals surface area contributed by atoms with E-state index in [2.05, 4.69) is 16.1 Å². The second-order valence-corrected chi connectivity index (χ2v) is 1.70. The summed E-state index contributed by atoms with van der Waals surface area (Å²) in [6, 6.07) is 0. The first-order chi connectivity index (χ1) is 4.68. The van der Waals surface area contributed by atoms with Crippen molar-refractivity contribution in [2.24, 2.45) is 5.73 Å². The summed E-state index contributed by atoms with van der Waals surface area (Å²) in [6.07, 6.45) is 0. The molecule has 4 nitrogen and oxygen atoms in total. The van der Waals surface area contributed by atoms with Crippen molar-refractivity contribution in [3.8, 4) is 0 Å². The maximum atomic E-state index is 10.6. The smallest absolute Gasteiger partial charge is 0.335 e. The Bertz CT molecular complexity index is 133. The minimum atomic E-state index is -0.464. The summed E-state index contributed by atoms with van der Waals surface area (Å²) in [5.41, 5.74) is 5.30. The molecule has 58 valence electrons. The van der Waals surface area contributed by atoms with Gasteiger partial charge in [-0.15, -0.1) is 0 Å². The van der Waals surface area contributed by atoms with Crippen molar-refractivity contribution in [1.29, 1.82) is 0 Å². The molecule has 0 unspecified atom stereocenters. The second-order valence-electron chi connectivity index (χ2n) is 1.70. The van der Waals surface area contributed by atoms with Gasteiger partial charge in [0.25, 0.3) is 0 Å². The van der Waals surface area contributed by atoms with Crippen LogP contribution in [-0.4, -0.2) is 19.5 Å². The minimum absolute atomic E-state index is 0.0451. The molecule has 10 heavy (non-hydrogen) atoms. The molecule has 4 heteroatoms. The monoisotopic (exact) mass is 145 g/mol. The molecule has 0 saturated heterocycles. The zero-order valence-corrected chi connectivity index (χ0v) is 5.92. The van der Waals surface area contributed by atoms with Crippen LogP contribution in [0.25, 0.3) is 0 Å². The predicted octanol–water partition coefficient (Wildman–Crippen LogP) is -0.00400. The Kier molecular flexibility index (Phi) is 4.53. The van der Waals surface area contributed by atoms with Crippen LogP contribution in [0.1, 0.15) is 6.92 Å². The van der Waals surface area contributed by atoms with Crippen LogP contribution in [0.15, 0.2) is 12.2 Å². The number of ether oxygens (including phenoxy) is 2. The summed E-state index contributed by atoms with van der Waals surface area (Å²) in [5.74, 6) is -0.464. The lowest BCUT2D eigenvalue weighted by molar-refractivity contribution is -0.151. The molecule has 0 saturated carbocycles. The summed E-state index contributed by atoms with van der Waals surface area (Å²) in [4.78, 5) is 10.6. The van der Waals surface area contributed by atoms with E-state index in [1.165, 1.54) is 0 Å². The van der Waals surface area contributed by atoms with Gasteiger partial charge in [0.05, 0.1) is 6.73 Å². The fourth-order valence-electron chi connectivity index (χ4n) is 0.266. The van der Waals surface area contributed by atoms with Gasteiger partial charge in [-0.05, 0) is 6.92 Å². The molecule has 0 aromatic rings. The molecule has 0 heterocycles. The summed E-state index contributed by atoms with van der Waals surface area (Å²) in [6.45, 7) is 4.87. The lowest BCUT2D eigenvalue weighted by Crippen LogP contribution is -2.12. The lowest BCUT2D eigenvalue weighted by atomic mass is 10.4. The molecule has 0 spiro atoms. The highest BCUT2D eigenvalue weighted by molar-refractivity contribution is 5.86. The first kappa shape index (κ1) is 9.13. The summed E-state index contributed by atoms with van der Waals surface area (Å²) >= 11 is 0. The maximum absolute atomic E-state index is 10.6. The van der Waals surface area contributed by atoms with Gasteiger partial charge in [0, 0.05) is 5.57 Å². The number of carbonyl (C=O) groups excluding carboxylic acids is 1. The molecular weight excluding hydrogens is 134 g/mol. The Labute approximate surface area is 59.6 Å². The molecule has 0 fully saturated rings. The van der Waals surface area contributed by atoms with Crippen LogP contribution in [0, 0.1) is 0 Å². The largest absolute Gasteiger partial charge is 0.435 e. The summed E-state index contributed by atoms with van der Waals surface area (Å²) in [5, 5.41) is 0. The van der Waals surface area contributed by atoms with Crippen molar-refractivity contribution in [3.05, 3.63) is 12.2 Å². The van der Waals surface area contributed by atoms with Gasteiger partial charge >= 0.3 is 5.97 Å². The molecule has 0 aliphatic rings. The molecule has 0 aliphatic carbocycles. The van der Waals surface area contributed by atoms with Crippen molar-refractivity contribution < 1.29 is 14.3 Å². The maximum Gasteiger partial charge on any atom is 0.335 e. The summed E-state index contributed by atoms with van der Waals surface area (Å²) < 4.78 is 9.05. The fourth-order valence-corrected chi connectivity index (χ4v) is 0.266. The number of esters is 1. The van der Waals surface area contributed by atoms with E-state index in [9.17, 15) is 4.79 Å². The Balaban J connectivity index is 3.31. The molecule has 0 aliphatic heterocycles. The fraction of sp³-hybridized carbons (Fsp3) is 0.500. The van der Waals surface area contributed by atoms with Crippen LogP contribution >= 0.6 is 0 Å². The van der Waals surface area contributed by atoms with Gasteiger partial charge in [-0.3, -0.25) is 0 Å². The number of carbonyl (C=O) groups is 1. The van der Waals surface area contributed by atoms with Crippen molar-refractivity contribution in [2.45, 2.75) is 6.92 Å². The van der Waals surface area contributed by atoms with E-state index < -0.39 is 5.97 Å². The molecule has 0 atom stereocenters. The van der Waals surface area contributed by atoms with Crippen LogP contribution in [0.2, 0.25) is 0 Å². The average molecular weight is 145 g/mol. The van der Waals surface area contributed by atoms with Gasteiger partial charge in [0.15, 0.2) is 6.79 Å². The minimum Gasteiger partial charge on any atom is -0.435 e. The van der Waals surface area contributed by atoms with Gasteiger partial charge in [0.1, 0.15) is 0 Å². The predicted molar refractivity (Wildman–Crippen MR) is 35.9 cm³/mol. The van der Waals surface area contributed by atoms with Crippen LogP contribution in [-0.2, 0) is 14.3 Å². The highest BCUT2D eigenvalue weighted by Crippen LogP contribution is 1.90. The van der Waals surface area contributed by atoms with E-state index in [0.29, 0.717) is 5.57 Å². The van der Waals surface area contributed by atoms with Crippen LogP contribution < -0.4 is 5.73 Å². The Morgan fingerprint density at radius 2 is 2.30 bits per heavy atom. The van der Waals surface area contributed by atoms with Gasteiger partial charge in [-0.1, -0.05) is 6.58 Å². The van der Waals surface area contributed by atoms with E-state index in [-0.39, 0.29) is 13.5 Å². The Morgan fingerprint density at radius 1 is 1.70 bits per heavy atom. The third-order valence-corrected chi connectivity index (χ3v) is 0.740. The lowest BCUT2D eigenvalue weighted by Gasteiger charge is -2.02. The van der Waals surface area contributed by atoms with Crippen LogP contribution in [0.5, 0.6) is 0 Å². The third kappa shape index (κ3) is 4.05. The molecule has 0 aromatic carbocycles. The molecule has 0 bridgehead atoms. The Morgan fingerprint density at radius 3 is 2.70 bits per heavy atom. The van der Waals surface area contributed by atoms with E-state index in [0.717, 1.165) is 0 Å². The number of nitrogens with two attached hydrogens (primary N) is 1. The van der Waals surface area contributed by atoms with Gasteiger partial charge in [0.2, 0.25) is 0 Å². The third-order valence-electron chi connectivity index (χ3n) is 0.740. The Hall–Kier alpha value is -0.870. The van der Waals surface area contributed by atoms with Crippen molar-refractivity contribution in [3.63, 3.8) is 0 Å². The van der Waals surface area contributed by atoms with Gasteiger partial charge in [-0.2, -0.15) is 0 Å². The van der Waals surface area contributed by atoms with Crippen molar-refractivity contribution >= 4 is 5.97 Å². The normalized spacial score (nSPS) is 9.00. The van der Waals surface area contributed by atoms with Crippen molar-refractivity contribution in [1.82, 2.24) is 0 Å². The standard InChI is InChI=1S/C6H11NO3/c1-5(2)6(8)10-4-9-3-7/h1,3-4,7H2,2H3. The highest BCUT2D eigenvalue weighted by Gasteiger charge is 2.00. The number of hydrogen-bond donors (Lipinski definition) is 1. The topological polar surface area (TPSA) is 61.5 Å². The zero-order valence-electron chi connectivity index (χ0n) is 5.92. The van der Waals surface area contributed by atoms with E-state index >= 15 is 0 Å². The molecular formula is C6H11NO3. The molecule has 0 amide bonds. The first-order valence-electron chi connectivity index (χ1n) is 2.79. The average Bonchev–Trinajstić information content (AvgIpc) is 1.88. The molecule has 2 N–H and O–H groups in total. The zero-order chi connectivity index (χ0) is 7.98. The molecule has 0 radical (unpaired) electrons. The first-order valence-corrected chi connectivity index (χ1v) is 2.79. The number of hydrogen-bond acceptors (Lipinski definition) is 4. The SMILES string of the molecule is C=C(C)C(=O)OCOCN. The molecule has 0 aromatic heterocycles. The highest BCUT2D eigenvalue weighted by atomic mass is 16.7. The quantitative estimate of drug-likeness (QED) is 0.262. The molecule has 0 rings (SSSR count). The van der Waals surface area contributed by atoms with Crippen LogP contribution in [0.3, 0.4) is 0 Å². The summed E-state index contributed by atoms with van der Waals surface area (Å²) in [7, 11) is 0. The van der Waals surface area contributed by atoms with Crippen LogP contribution in [0.4, 0.5) is 0 Å². The van der Waals surface area contributed by atoms with E-state index in [1.807, 2.05) is 0 Å². The van der Waals surface area contributed by atoms with Gasteiger partial charge < -0.3 is 15.2 Å². The van der Waals surface area contributed by atoms with E-state index in [4.69, 9.17) is 5.73 Å². The van der Waals surface area contributed by atoms with E-state index in [1.54, 1.807) is 6.92 Å².